The van der Waals surface area contributed by atoms with E-state index < -0.39 is 5.91 Å². The Balaban J connectivity index is 1.76. The highest BCUT2D eigenvalue weighted by Gasteiger charge is 2.18. The van der Waals surface area contributed by atoms with Gasteiger partial charge in [0.15, 0.2) is 0 Å². The van der Waals surface area contributed by atoms with Gasteiger partial charge in [0.25, 0.3) is 11.8 Å². The molecule has 0 aliphatic carbocycles. The van der Waals surface area contributed by atoms with Crippen LogP contribution in [0.4, 0.5) is 5.69 Å². The van der Waals surface area contributed by atoms with Gasteiger partial charge < -0.3 is 26.3 Å². The van der Waals surface area contributed by atoms with Crippen molar-refractivity contribution in [3.8, 4) is 11.3 Å². The van der Waals surface area contributed by atoms with E-state index in [1.54, 1.807) is 36.0 Å². The zero-order valence-electron chi connectivity index (χ0n) is 21.6. The number of carbonyl (C=O) groups is 2. The Kier molecular flexibility index (Phi) is 9.21. The van der Waals surface area contributed by atoms with E-state index in [1.807, 2.05) is 55.4 Å². The smallest absolute Gasteiger partial charge is 0.267 e. The zero-order valence-corrected chi connectivity index (χ0v) is 21.6. The topological polar surface area (TPSA) is 143 Å². The molecule has 2 amide bonds. The number of anilines is 1. The molecule has 2 aromatic heterocycles. The summed E-state index contributed by atoms with van der Waals surface area (Å²) in [5.41, 5.74) is 15.6. The number of benzene rings is 1. The molecule has 2 heterocycles. The molecular weight excluding hydrogens is 466 g/mol. The zero-order chi connectivity index (χ0) is 26.9. The van der Waals surface area contributed by atoms with Crippen LogP contribution >= 0.6 is 0 Å². The number of unbranched alkanes of at least 4 members (excludes halogenated alkanes) is 2. The molecule has 0 aliphatic rings. The minimum absolute atomic E-state index is 0.183. The predicted octanol–water partition coefficient (Wildman–Crippen LogP) is 3.65. The van der Waals surface area contributed by atoms with E-state index in [0.29, 0.717) is 35.6 Å². The normalized spacial score (nSPS) is 11.0. The summed E-state index contributed by atoms with van der Waals surface area (Å²) in [6.45, 7) is 0.526. The molecule has 3 rings (SSSR count). The van der Waals surface area contributed by atoms with Crippen LogP contribution in [-0.2, 0) is 7.05 Å². The summed E-state index contributed by atoms with van der Waals surface area (Å²) in [6.07, 6.45) is 8.68. The molecular formula is C28H35N7O2. The molecule has 0 aliphatic heterocycles. The lowest BCUT2D eigenvalue weighted by molar-refractivity contribution is 0.0943. The average Bonchev–Trinajstić information content (AvgIpc) is 3.26. The molecule has 6 N–H and O–H groups in total. The van der Waals surface area contributed by atoms with Crippen LogP contribution in [0.25, 0.3) is 23.4 Å². The number of nitrogens with one attached hydrogen (secondary N) is 2. The van der Waals surface area contributed by atoms with Gasteiger partial charge in [-0.2, -0.15) is 0 Å². The standard InChI is InChI=1S/C28H35N7O2/c1-34(2)22-13-9-19(10-14-22)8-11-21-12-15-23(27(31)36)26(33-21)20-17-24(35(3)18-20)28(37)32-16-6-4-5-7-25(29)30/h8-15,17-18H,4-7,16H2,1-3H3,(H3,29,30)(H2,31,36)(H,32,37). The van der Waals surface area contributed by atoms with E-state index in [2.05, 4.69) is 10.3 Å². The molecule has 9 nitrogen and oxygen atoms in total. The van der Waals surface area contributed by atoms with Crippen LogP contribution in [0.2, 0.25) is 0 Å². The van der Waals surface area contributed by atoms with Gasteiger partial charge in [-0.15, -0.1) is 0 Å². The van der Waals surface area contributed by atoms with E-state index >= 15 is 0 Å². The third-order valence-corrected chi connectivity index (χ3v) is 5.96. The largest absolute Gasteiger partial charge is 0.388 e. The number of aromatic nitrogens is 2. The minimum Gasteiger partial charge on any atom is -0.388 e. The van der Waals surface area contributed by atoms with Crippen molar-refractivity contribution in [2.45, 2.75) is 25.7 Å². The summed E-state index contributed by atoms with van der Waals surface area (Å²) in [5.74, 6) is -0.613. The molecule has 1 aromatic carbocycles. The number of hydrogen-bond acceptors (Lipinski definition) is 5. The molecule has 0 unspecified atom stereocenters. The first-order valence-corrected chi connectivity index (χ1v) is 12.2. The summed E-state index contributed by atoms with van der Waals surface area (Å²) in [6, 6.07) is 13.2. The lowest BCUT2D eigenvalue weighted by Crippen LogP contribution is -2.26. The fourth-order valence-corrected chi connectivity index (χ4v) is 3.88. The summed E-state index contributed by atoms with van der Waals surface area (Å²) >= 11 is 0. The number of primary amides is 1. The molecule has 9 heteroatoms. The fourth-order valence-electron chi connectivity index (χ4n) is 3.88. The van der Waals surface area contributed by atoms with Crippen molar-refractivity contribution in [1.82, 2.24) is 14.9 Å². The first-order valence-electron chi connectivity index (χ1n) is 12.2. The van der Waals surface area contributed by atoms with Crippen LogP contribution < -0.4 is 21.7 Å². The number of nitrogens with two attached hydrogens (primary N) is 2. The monoisotopic (exact) mass is 501 g/mol. The van der Waals surface area contributed by atoms with Gasteiger partial charge in [-0.3, -0.25) is 15.0 Å². The van der Waals surface area contributed by atoms with Crippen LogP contribution in [0.1, 0.15) is 57.8 Å². The number of carbonyl (C=O) groups excluding carboxylic acids is 2. The Morgan fingerprint density at radius 3 is 2.43 bits per heavy atom. The van der Waals surface area contributed by atoms with Gasteiger partial charge in [0, 0.05) is 51.6 Å². The highest BCUT2D eigenvalue weighted by atomic mass is 16.2. The second kappa shape index (κ2) is 12.5. The van der Waals surface area contributed by atoms with Crippen LogP contribution in [0, 0.1) is 5.41 Å². The second-order valence-corrected chi connectivity index (χ2v) is 9.13. The maximum atomic E-state index is 12.7. The number of aryl methyl sites for hydroxylation is 1. The third kappa shape index (κ3) is 7.54. The van der Waals surface area contributed by atoms with Crippen molar-refractivity contribution in [2.24, 2.45) is 18.5 Å². The summed E-state index contributed by atoms with van der Waals surface area (Å²) < 4.78 is 1.71. The molecule has 0 atom stereocenters. The Labute approximate surface area is 217 Å². The predicted molar refractivity (Wildman–Crippen MR) is 150 cm³/mol. The lowest BCUT2D eigenvalue weighted by atomic mass is 10.1. The van der Waals surface area contributed by atoms with Gasteiger partial charge in [0.1, 0.15) is 5.69 Å². The van der Waals surface area contributed by atoms with E-state index in [4.69, 9.17) is 16.9 Å². The van der Waals surface area contributed by atoms with Crippen LogP contribution in [-0.4, -0.2) is 47.8 Å². The molecule has 0 fully saturated rings. The maximum absolute atomic E-state index is 12.7. The highest BCUT2D eigenvalue weighted by Crippen LogP contribution is 2.25. The van der Waals surface area contributed by atoms with Crippen molar-refractivity contribution in [3.63, 3.8) is 0 Å². The molecule has 37 heavy (non-hydrogen) atoms. The molecule has 194 valence electrons. The first kappa shape index (κ1) is 27.2. The second-order valence-electron chi connectivity index (χ2n) is 9.13. The van der Waals surface area contributed by atoms with Gasteiger partial charge in [-0.25, -0.2) is 4.98 Å². The number of nitrogens with zero attached hydrogens (tertiary/aromatic N) is 3. The maximum Gasteiger partial charge on any atom is 0.267 e. The van der Waals surface area contributed by atoms with Crippen molar-refractivity contribution in [2.75, 3.05) is 25.5 Å². The SMILES string of the molecule is CN(C)c1ccc(C=Cc2ccc(C(N)=O)c(-c3cc(C(=O)NCCCCCC(=N)N)n(C)c3)n2)cc1. The van der Waals surface area contributed by atoms with Crippen molar-refractivity contribution in [1.29, 1.82) is 5.41 Å². The summed E-state index contributed by atoms with van der Waals surface area (Å²) in [5, 5.41) is 10.2. The van der Waals surface area contributed by atoms with Gasteiger partial charge >= 0.3 is 0 Å². The number of amidine groups is 1. The quantitative estimate of drug-likeness (QED) is 0.170. The number of pyridine rings is 1. The Morgan fingerprint density at radius 2 is 1.78 bits per heavy atom. The third-order valence-electron chi connectivity index (χ3n) is 5.96. The number of amides is 2. The Bertz CT molecular complexity index is 1290. The molecule has 0 bridgehead atoms. The average molecular weight is 502 g/mol. The van der Waals surface area contributed by atoms with Crippen molar-refractivity contribution < 1.29 is 9.59 Å². The summed E-state index contributed by atoms with van der Waals surface area (Å²) in [4.78, 5) is 31.6. The first-order chi connectivity index (χ1) is 17.7. The van der Waals surface area contributed by atoms with Gasteiger partial charge in [-0.05, 0) is 54.8 Å². The number of hydrogen-bond donors (Lipinski definition) is 4. The van der Waals surface area contributed by atoms with Gasteiger partial charge in [0.05, 0.1) is 22.8 Å². The van der Waals surface area contributed by atoms with Gasteiger partial charge in [0.2, 0.25) is 0 Å². The molecule has 0 saturated carbocycles. The van der Waals surface area contributed by atoms with E-state index in [1.165, 1.54) is 0 Å². The van der Waals surface area contributed by atoms with Crippen LogP contribution in [0.15, 0.2) is 48.7 Å². The van der Waals surface area contributed by atoms with Crippen LogP contribution in [0.5, 0.6) is 0 Å². The molecule has 3 aromatic rings. The van der Waals surface area contributed by atoms with Crippen LogP contribution in [0.3, 0.4) is 0 Å². The van der Waals surface area contributed by atoms with Crippen molar-refractivity contribution in [3.05, 3.63) is 71.2 Å². The highest BCUT2D eigenvalue weighted by molar-refractivity contribution is 6.00. The number of rotatable bonds is 12. The molecule has 0 saturated heterocycles. The minimum atomic E-state index is -0.585. The van der Waals surface area contributed by atoms with E-state index in [0.717, 1.165) is 30.5 Å². The Hall–Kier alpha value is -4.40. The molecule has 0 spiro atoms. The van der Waals surface area contributed by atoms with E-state index in [-0.39, 0.29) is 17.3 Å². The lowest BCUT2D eigenvalue weighted by Gasteiger charge is -2.11. The molecule has 0 radical (unpaired) electrons. The Morgan fingerprint density at radius 1 is 1.05 bits per heavy atom. The van der Waals surface area contributed by atoms with Gasteiger partial charge in [-0.1, -0.05) is 24.6 Å². The fraction of sp³-hybridized carbons (Fsp3) is 0.286. The summed E-state index contributed by atoms with van der Waals surface area (Å²) in [7, 11) is 5.76. The van der Waals surface area contributed by atoms with E-state index in [9.17, 15) is 9.59 Å². The van der Waals surface area contributed by atoms with Crippen molar-refractivity contribution >= 4 is 35.5 Å².